The molecule has 0 aliphatic rings. The summed E-state index contributed by atoms with van der Waals surface area (Å²) < 4.78 is 0. The van der Waals surface area contributed by atoms with Gasteiger partial charge in [-0.15, -0.1) is 0 Å². The molecule has 0 aliphatic carbocycles. The molecule has 0 aliphatic heterocycles. The van der Waals surface area contributed by atoms with Gasteiger partial charge in [0.15, 0.2) is 0 Å². The maximum atomic E-state index is 4.47. The topological polar surface area (TPSA) is 49.8 Å². The molecule has 1 aromatic carbocycles. The predicted molar refractivity (Wildman–Crippen MR) is 84.6 cm³/mol. The summed E-state index contributed by atoms with van der Waals surface area (Å²) in [7, 11) is 0. The van der Waals surface area contributed by atoms with Crippen LogP contribution in [0.15, 0.2) is 30.5 Å². The van der Waals surface area contributed by atoms with E-state index in [0.717, 1.165) is 24.5 Å². The first-order valence-electron chi connectivity index (χ1n) is 7.10. The molecule has 4 heteroatoms. The fraction of sp³-hybridized carbons (Fsp3) is 0.375. The molecule has 2 rings (SSSR count). The zero-order valence-corrected chi connectivity index (χ0v) is 12.4. The molecule has 0 bridgehead atoms. The van der Waals surface area contributed by atoms with Crippen molar-refractivity contribution in [3.8, 4) is 0 Å². The van der Waals surface area contributed by atoms with Crippen molar-refractivity contribution in [1.82, 2.24) is 9.97 Å². The van der Waals surface area contributed by atoms with Gasteiger partial charge in [0.05, 0.1) is 0 Å². The summed E-state index contributed by atoms with van der Waals surface area (Å²) >= 11 is 0. The van der Waals surface area contributed by atoms with Crippen molar-refractivity contribution in [2.75, 3.05) is 17.2 Å². The molecular weight excluding hydrogens is 248 g/mol. The number of aromatic nitrogens is 2. The van der Waals surface area contributed by atoms with Gasteiger partial charge in [-0.25, -0.2) is 4.98 Å². The van der Waals surface area contributed by atoms with Crippen LogP contribution in [0.1, 0.15) is 30.9 Å². The lowest BCUT2D eigenvalue weighted by Gasteiger charge is -2.10. The number of hydrogen-bond acceptors (Lipinski definition) is 4. The number of anilines is 3. The van der Waals surface area contributed by atoms with Crippen molar-refractivity contribution in [3.63, 3.8) is 0 Å². The van der Waals surface area contributed by atoms with E-state index < -0.39 is 0 Å². The van der Waals surface area contributed by atoms with Crippen molar-refractivity contribution >= 4 is 17.5 Å². The largest absolute Gasteiger partial charge is 0.370 e. The van der Waals surface area contributed by atoms with Crippen LogP contribution in [0.3, 0.4) is 0 Å². The minimum absolute atomic E-state index is 0.624. The molecule has 106 valence electrons. The summed E-state index contributed by atoms with van der Waals surface area (Å²) in [5, 5.41) is 6.57. The number of nitrogens with zero attached hydrogens (tertiary/aromatic N) is 2. The Labute approximate surface area is 120 Å². The molecule has 20 heavy (non-hydrogen) atoms. The molecule has 0 atom stereocenters. The average molecular weight is 270 g/mol. The van der Waals surface area contributed by atoms with Crippen LogP contribution in [-0.4, -0.2) is 16.5 Å². The summed E-state index contributed by atoms with van der Waals surface area (Å²) in [6, 6.07) is 8.18. The zero-order valence-electron chi connectivity index (χ0n) is 12.4. The molecule has 0 fully saturated rings. The minimum atomic E-state index is 0.624. The average Bonchev–Trinajstić information content (AvgIpc) is 2.43. The van der Waals surface area contributed by atoms with Crippen LogP contribution in [-0.2, 0) is 0 Å². The van der Waals surface area contributed by atoms with Gasteiger partial charge in [-0.2, -0.15) is 4.98 Å². The van der Waals surface area contributed by atoms with E-state index in [2.05, 4.69) is 59.6 Å². The standard InChI is InChI=1S/C16H22N4/c1-4-5-9-17-15-8-10-18-16(20-15)19-14-7-6-12(2)11-13(14)3/h6-8,10-11H,4-5,9H2,1-3H3,(H2,17,18,19,20). The molecule has 0 radical (unpaired) electrons. The van der Waals surface area contributed by atoms with Gasteiger partial charge >= 0.3 is 0 Å². The first-order chi connectivity index (χ1) is 9.69. The zero-order chi connectivity index (χ0) is 14.4. The molecule has 0 amide bonds. The lowest BCUT2D eigenvalue weighted by Crippen LogP contribution is -2.05. The molecule has 4 nitrogen and oxygen atoms in total. The molecule has 1 heterocycles. The maximum absolute atomic E-state index is 4.47. The van der Waals surface area contributed by atoms with E-state index in [0.29, 0.717) is 5.95 Å². The lowest BCUT2D eigenvalue weighted by molar-refractivity contribution is 0.830. The van der Waals surface area contributed by atoms with E-state index in [-0.39, 0.29) is 0 Å². The van der Waals surface area contributed by atoms with E-state index in [1.165, 1.54) is 17.5 Å². The molecule has 0 spiro atoms. The van der Waals surface area contributed by atoms with Gasteiger partial charge in [-0.3, -0.25) is 0 Å². The number of hydrogen-bond donors (Lipinski definition) is 2. The Kier molecular flexibility index (Phi) is 4.93. The number of unbranched alkanes of at least 4 members (excludes halogenated alkanes) is 1. The second-order valence-electron chi connectivity index (χ2n) is 4.99. The van der Waals surface area contributed by atoms with Crippen LogP contribution in [0.2, 0.25) is 0 Å². The Morgan fingerprint density at radius 1 is 1.15 bits per heavy atom. The fourth-order valence-corrected chi connectivity index (χ4v) is 1.98. The molecule has 0 unspecified atom stereocenters. The van der Waals surface area contributed by atoms with E-state index in [1.807, 2.05) is 6.07 Å². The maximum Gasteiger partial charge on any atom is 0.229 e. The van der Waals surface area contributed by atoms with Crippen molar-refractivity contribution in [1.29, 1.82) is 0 Å². The third-order valence-corrected chi connectivity index (χ3v) is 3.12. The number of nitrogens with one attached hydrogen (secondary N) is 2. The smallest absolute Gasteiger partial charge is 0.229 e. The van der Waals surface area contributed by atoms with Crippen molar-refractivity contribution < 1.29 is 0 Å². The van der Waals surface area contributed by atoms with Gasteiger partial charge in [0.2, 0.25) is 5.95 Å². The number of benzene rings is 1. The summed E-state index contributed by atoms with van der Waals surface area (Å²) in [6.45, 7) is 7.29. The van der Waals surface area contributed by atoms with Crippen LogP contribution in [0.4, 0.5) is 17.5 Å². The highest BCUT2D eigenvalue weighted by atomic mass is 15.1. The van der Waals surface area contributed by atoms with Gasteiger partial charge < -0.3 is 10.6 Å². The highest BCUT2D eigenvalue weighted by Gasteiger charge is 2.02. The van der Waals surface area contributed by atoms with Gasteiger partial charge in [0, 0.05) is 18.4 Å². The van der Waals surface area contributed by atoms with Crippen LogP contribution < -0.4 is 10.6 Å². The Bertz CT molecular complexity index is 566. The molecule has 1 aromatic heterocycles. The molecular formula is C16H22N4. The molecule has 0 saturated carbocycles. The minimum Gasteiger partial charge on any atom is -0.370 e. The van der Waals surface area contributed by atoms with Gasteiger partial charge in [-0.05, 0) is 38.0 Å². The van der Waals surface area contributed by atoms with Crippen molar-refractivity contribution in [2.45, 2.75) is 33.6 Å². The summed E-state index contributed by atoms with van der Waals surface area (Å²) in [5.74, 6) is 1.49. The van der Waals surface area contributed by atoms with Crippen molar-refractivity contribution in [3.05, 3.63) is 41.6 Å². The van der Waals surface area contributed by atoms with Crippen LogP contribution in [0.5, 0.6) is 0 Å². The predicted octanol–water partition coefficient (Wildman–Crippen LogP) is 4.05. The quantitative estimate of drug-likeness (QED) is 0.777. The Hall–Kier alpha value is -2.10. The summed E-state index contributed by atoms with van der Waals surface area (Å²) in [6.07, 6.45) is 4.09. The van der Waals surface area contributed by atoms with Crippen LogP contribution in [0.25, 0.3) is 0 Å². The third-order valence-electron chi connectivity index (χ3n) is 3.12. The Balaban J connectivity index is 2.07. The highest BCUT2D eigenvalue weighted by Crippen LogP contribution is 2.19. The van der Waals surface area contributed by atoms with E-state index in [1.54, 1.807) is 6.20 Å². The highest BCUT2D eigenvalue weighted by molar-refractivity contribution is 5.59. The van der Waals surface area contributed by atoms with E-state index in [9.17, 15) is 0 Å². The Morgan fingerprint density at radius 3 is 2.75 bits per heavy atom. The Morgan fingerprint density at radius 2 is 2.00 bits per heavy atom. The van der Waals surface area contributed by atoms with Gasteiger partial charge in [-0.1, -0.05) is 31.0 Å². The summed E-state index contributed by atoms with van der Waals surface area (Å²) in [5.41, 5.74) is 3.49. The van der Waals surface area contributed by atoms with Crippen molar-refractivity contribution in [2.24, 2.45) is 0 Å². The lowest BCUT2D eigenvalue weighted by atomic mass is 10.1. The van der Waals surface area contributed by atoms with Gasteiger partial charge in [0.25, 0.3) is 0 Å². The second kappa shape index (κ2) is 6.89. The summed E-state index contributed by atoms with van der Waals surface area (Å²) in [4.78, 5) is 8.73. The number of rotatable bonds is 6. The first-order valence-corrected chi connectivity index (χ1v) is 7.10. The number of aryl methyl sites for hydroxylation is 2. The molecule has 2 N–H and O–H groups in total. The third kappa shape index (κ3) is 3.95. The first kappa shape index (κ1) is 14.3. The molecule has 0 saturated heterocycles. The monoisotopic (exact) mass is 270 g/mol. The van der Waals surface area contributed by atoms with E-state index in [4.69, 9.17) is 0 Å². The normalized spacial score (nSPS) is 10.3. The van der Waals surface area contributed by atoms with Crippen LogP contribution >= 0.6 is 0 Å². The van der Waals surface area contributed by atoms with Crippen LogP contribution in [0, 0.1) is 13.8 Å². The van der Waals surface area contributed by atoms with Gasteiger partial charge in [0.1, 0.15) is 5.82 Å². The second-order valence-corrected chi connectivity index (χ2v) is 4.99. The fourth-order valence-electron chi connectivity index (χ4n) is 1.98. The SMILES string of the molecule is CCCCNc1ccnc(Nc2ccc(C)cc2C)n1. The van der Waals surface area contributed by atoms with E-state index >= 15 is 0 Å². The molecule has 2 aromatic rings.